The first kappa shape index (κ1) is 31.5. The van der Waals surface area contributed by atoms with E-state index in [-0.39, 0.29) is 24.4 Å². The number of alkyl halides is 3. The molecule has 0 bridgehead atoms. The molecule has 1 fully saturated rings. The molecule has 1 saturated heterocycles. The lowest BCUT2D eigenvalue weighted by atomic mass is 9.95. The van der Waals surface area contributed by atoms with Crippen LogP contribution in [0.5, 0.6) is 5.75 Å². The average molecular weight is 603 g/mol. The Balaban J connectivity index is 1.52. The van der Waals surface area contributed by atoms with Gasteiger partial charge in [0.2, 0.25) is 11.8 Å². The summed E-state index contributed by atoms with van der Waals surface area (Å²) in [5.41, 5.74) is 1.81. The van der Waals surface area contributed by atoms with E-state index < -0.39 is 48.6 Å². The van der Waals surface area contributed by atoms with Crippen molar-refractivity contribution in [1.82, 2.24) is 20.9 Å². The monoisotopic (exact) mass is 602 g/mol. The third-order valence-corrected chi connectivity index (χ3v) is 7.28. The molecule has 4 N–H and O–H groups in total. The SMILES string of the molecule is COc1cccc2[nH]c(C(=O)N[C@@H](CCCc3ccccc3)C(=O)N[C@@H](C[C@@H]3CCNC3=O)C(=O)COC(F)(F)F)cc12. The van der Waals surface area contributed by atoms with Gasteiger partial charge in [0.05, 0.1) is 13.2 Å². The number of benzene rings is 2. The topological polar surface area (TPSA) is 139 Å². The van der Waals surface area contributed by atoms with Crippen molar-refractivity contribution >= 4 is 34.4 Å². The Kier molecular flexibility index (Phi) is 10.4. The number of carbonyl (C=O) groups excluding carboxylic acids is 4. The minimum atomic E-state index is -5.05. The minimum Gasteiger partial charge on any atom is -0.496 e. The van der Waals surface area contributed by atoms with Crippen molar-refractivity contribution in [2.75, 3.05) is 20.3 Å². The van der Waals surface area contributed by atoms with Crippen LogP contribution in [0.25, 0.3) is 10.9 Å². The zero-order chi connectivity index (χ0) is 31.0. The number of ketones is 1. The Morgan fingerprint density at radius 1 is 1.05 bits per heavy atom. The van der Waals surface area contributed by atoms with Crippen molar-refractivity contribution in [2.45, 2.75) is 50.6 Å². The molecule has 1 aliphatic rings. The van der Waals surface area contributed by atoms with Crippen molar-refractivity contribution in [3.05, 3.63) is 65.9 Å². The zero-order valence-corrected chi connectivity index (χ0v) is 23.5. The van der Waals surface area contributed by atoms with Crippen LogP contribution < -0.4 is 20.7 Å². The van der Waals surface area contributed by atoms with Gasteiger partial charge in [-0.3, -0.25) is 23.9 Å². The standard InChI is InChI=1S/C30H33F3N4O6/c1-42-26-12-6-10-21-20(26)16-24(35-21)29(41)36-22(11-5-9-18-7-3-2-4-8-18)28(40)37-23(15-19-13-14-34-27(19)39)25(38)17-43-30(31,32)33/h2-4,6-8,10,12,16,19,22-23,35H,5,9,11,13-15,17H2,1H3,(H,34,39)(H,36,41)(H,37,40)/t19-,22-,23-/m0/s1. The number of methoxy groups -OCH3 is 1. The van der Waals surface area contributed by atoms with Crippen LogP contribution >= 0.6 is 0 Å². The quantitative estimate of drug-likeness (QED) is 0.223. The third-order valence-electron chi connectivity index (χ3n) is 7.28. The molecule has 13 heteroatoms. The fourth-order valence-corrected chi connectivity index (χ4v) is 5.04. The molecule has 3 amide bonds. The Morgan fingerprint density at radius 3 is 2.49 bits per heavy atom. The first-order valence-electron chi connectivity index (χ1n) is 13.9. The molecule has 230 valence electrons. The molecule has 0 saturated carbocycles. The smallest absolute Gasteiger partial charge is 0.496 e. The predicted octanol–water partition coefficient (Wildman–Crippen LogP) is 3.41. The summed E-state index contributed by atoms with van der Waals surface area (Å²) < 4.78 is 47.0. The van der Waals surface area contributed by atoms with Crippen molar-refractivity contribution < 1.29 is 41.8 Å². The number of carbonyl (C=O) groups is 4. The second kappa shape index (κ2) is 14.2. The second-order valence-corrected chi connectivity index (χ2v) is 10.3. The average Bonchev–Trinajstić information content (AvgIpc) is 3.61. The molecule has 2 heterocycles. The summed E-state index contributed by atoms with van der Waals surface area (Å²) in [6.07, 6.45) is -3.66. The molecular weight excluding hydrogens is 569 g/mol. The van der Waals surface area contributed by atoms with Crippen molar-refractivity contribution in [2.24, 2.45) is 5.92 Å². The lowest BCUT2D eigenvalue weighted by molar-refractivity contribution is -0.321. The summed E-state index contributed by atoms with van der Waals surface area (Å²) in [5, 5.41) is 8.45. The van der Waals surface area contributed by atoms with Crippen molar-refractivity contribution in [3.63, 3.8) is 0 Å². The number of H-pyrrole nitrogens is 1. The predicted molar refractivity (Wildman–Crippen MR) is 150 cm³/mol. The number of aromatic amines is 1. The number of aryl methyl sites for hydroxylation is 1. The van der Waals surface area contributed by atoms with Crippen molar-refractivity contribution in [1.29, 1.82) is 0 Å². The van der Waals surface area contributed by atoms with Crippen LogP contribution in [0.1, 0.15) is 41.7 Å². The van der Waals surface area contributed by atoms with E-state index in [9.17, 15) is 32.3 Å². The first-order valence-corrected chi connectivity index (χ1v) is 13.9. The summed E-state index contributed by atoms with van der Waals surface area (Å²) in [4.78, 5) is 54.7. The molecule has 0 radical (unpaired) electrons. The number of fused-ring (bicyclic) bond motifs is 1. The van der Waals surface area contributed by atoms with E-state index in [1.807, 2.05) is 30.3 Å². The molecule has 3 atom stereocenters. The van der Waals surface area contributed by atoms with Crippen LogP contribution in [0.3, 0.4) is 0 Å². The molecule has 10 nitrogen and oxygen atoms in total. The largest absolute Gasteiger partial charge is 0.522 e. The van der Waals surface area contributed by atoms with Gasteiger partial charge < -0.3 is 25.7 Å². The van der Waals surface area contributed by atoms with Crippen LogP contribution in [0.2, 0.25) is 0 Å². The third kappa shape index (κ3) is 8.80. The van der Waals surface area contributed by atoms with Crippen LogP contribution in [0.4, 0.5) is 13.2 Å². The molecule has 2 aromatic carbocycles. The summed E-state index contributed by atoms with van der Waals surface area (Å²) in [5.74, 6) is -2.89. The normalized spacial score (nSPS) is 16.4. The van der Waals surface area contributed by atoms with E-state index in [0.29, 0.717) is 42.5 Å². The van der Waals surface area contributed by atoms with E-state index in [1.165, 1.54) is 7.11 Å². The van der Waals surface area contributed by atoms with Crippen LogP contribution in [-0.2, 0) is 25.5 Å². The van der Waals surface area contributed by atoms with Gasteiger partial charge in [-0.05, 0) is 55.9 Å². The van der Waals surface area contributed by atoms with Gasteiger partial charge in [-0.15, -0.1) is 13.2 Å². The Bertz CT molecular complexity index is 1440. The summed E-state index contributed by atoms with van der Waals surface area (Å²) in [6.45, 7) is -0.977. The Labute approximate surface area is 245 Å². The highest BCUT2D eigenvalue weighted by Crippen LogP contribution is 2.26. The first-order chi connectivity index (χ1) is 20.5. The Hall–Kier alpha value is -4.39. The maximum absolute atomic E-state index is 13.5. The summed E-state index contributed by atoms with van der Waals surface area (Å²) in [7, 11) is 1.50. The molecule has 3 aromatic rings. The van der Waals surface area contributed by atoms with Crippen LogP contribution in [0, 0.1) is 5.92 Å². The molecule has 1 aromatic heterocycles. The van der Waals surface area contributed by atoms with Gasteiger partial charge in [0, 0.05) is 23.4 Å². The molecule has 0 aliphatic carbocycles. The number of halogens is 3. The molecule has 4 rings (SSSR count). The number of hydrogen-bond donors (Lipinski definition) is 4. The maximum atomic E-state index is 13.5. The van der Waals surface area contributed by atoms with Crippen molar-refractivity contribution in [3.8, 4) is 5.75 Å². The van der Waals surface area contributed by atoms with Gasteiger partial charge in [-0.1, -0.05) is 36.4 Å². The highest BCUT2D eigenvalue weighted by molar-refractivity contribution is 6.02. The van der Waals surface area contributed by atoms with Gasteiger partial charge in [-0.25, -0.2) is 0 Å². The lowest BCUT2D eigenvalue weighted by Crippen LogP contribution is -2.53. The molecular formula is C30H33F3N4O6. The molecule has 43 heavy (non-hydrogen) atoms. The number of Topliss-reactive ketones (excluding diaryl/α,β-unsaturated/α-hetero) is 1. The van der Waals surface area contributed by atoms with E-state index in [0.717, 1.165) is 5.56 Å². The number of hydrogen-bond acceptors (Lipinski definition) is 6. The van der Waals surface area contributed by atoms with Gasteiger partial charge in [0.25, 0.3) is 5.91 Å². The highest BCUT2D eigenvalue weighted by Gasteiger charge is 2.36. The van der Waals surface area contributed by atoms with E-state index in [4.69, 9.17) is 4.74 Å². The van der Waals surface area contributed by atoms with Gasteiger partial charge in [0.1, 0.15) is 24.1 Å². The lowest BCUT2D eigenvalue weighted by Gasteiger charge is -2.24. The highest BCUT2D eigenvalue weighted by atomic mass is 19.4. The number of rotatable bonds is 14. The second-order valence-electron chi connectivity index (χ2n) is 10.3. The molecule has 0 unspecified atom stereocenters. The summed E-state index contributed by atoms with van der Waals surface area (Å²) >= 11 is 0. The van der Waals surface area contributed by atoms with Crippen LogP contribution in [0.15, 0.2) is 54.6 Å². The van der Waals surface area contributed by atoms with Gasteiger partial charge in [-0.2, -0.15) is 0 Å². The Morgan fingerprint density at radius 2 is 1.81 bits per heavy atom. The number of amides is 3. The van der Waals surface area contributed by atoms with Gasteiger partial charge >= 0.3 is 6.36 Å². The van der Waals surface area contributed by atoms with Crippen LogP contribution in [-0.4, -0.2) is 67.2 Å². The zero-order valence-electron chi connectivity index (χ0n) is 23.5. The summed E-state index contributed by atoms with van der Waals surface area (Å²) in [6, 6.07) is 13.7. The van der Waals surface area contributed by atoms with E-state index in [2.05, 4.69) is 25.7 Å². The minimum absolute atomic E-state index is 0.161. The fourth-order valence-electron chi connectivity index (χ4n) is 5.04. The van der Waals surface area contributed by atoms with E-state index >= 15 is 0 Å². The number of ether oxygens (including phenoxy) is 2. The van der Waals surface area contributed by atoms with Gasteiger partial charge in [0.15, 0.2) is 5.78 Å². The molecule has 0 spiro atoms. The molecule has 1 aliphatic heterocycles. The number of aromatic nitrogens is 1. The number of nitrogens with one attached hydrogen (secondary N) is 4. The maximum Gasteiger partial charge on any atom is 0.522 e. The fraction of sp³-hybridized carbons (Fsp3) is 0.400. The van der Waals surface area contributed by atoms with E-state index in [1.54, 1.807) is 24.3 Å².